The molecule has 0 aliphatic carbocycles. The van der Waals surface area contributed by atoms with Gasteiger partial charge in [0.05, 0.1) is 30.3 Å². The third-order valence-electron chi connectivity index (χ3n) is 3.75. The zero-order valence-electron chi connectivity index (χ0n) is 13.5. The second-order valence-corrected chi connectivity index (χ2v) is 7.52. The van der Waals surface area contributed by atoms with Crippen LogP contribution in [0.1, 0.15) is 10.4 Å². The molecule has 0 saturated carbocycles. The first-order chi connectivity index (χ1) is 11.9. The Labute approximate surface area is 145 Å². The van der Waals surface area contributed by atoms with E-state index in [1.165, 1.54) is 13.2 Å². The van der Waals surface area contributed by atoms with Gasteiger partial charge in [-0.05, 0) is 12.1 Å². The van der Waals surface area contributed by atoms with Crippen molar-refractivity contribution in [2.45, 2.75) is 6.04 Å². The number of hydrogen-bond acceptors (Lipinski definition) is 6. The highest BCUT2D eigenvalue weighted by molar-refractivity contribution is 7.94. The highest BCUT2D eigenvalue weighted by atomic mass is 32.2. The number of carbonyl (C=O) groups excluding carboxylic acids is 1. The van der Waals surface area contributed by atoms with Crippen LogP contribution in [0, 0.1) is 0 Å². The number of pyridine rings is 1. The normalized spacial score (nSPS) is 18.0. The number of nitrogen functional groups attached to an aromatic ring is 1. The zero-order chi connectivity index (χ0) is 18.0. The molecule has 3 rings (SSSR count). The molecular formula is C17H17N3O4S. The summed E-state index contributed by atoms with van der Waals surface area (Å²) in [5.74, 6) is -0.620. The van der Waals surface area contributed by atoms with E-state index in [2.05, 4.69) is 10.3 Å². The Balaban J connectivity index is 1.91. The van der Waals surface area contributed by atoms with Gasteiger partial charge in [0, 0.05) is 11.0 Å². The number of aromatic nitrogens is 1. The maximum Gasteiger partial charge on any atom is 0.259 e. The van der Waals surface area contributed by atoms with Gasteiger partial charge in [0.1, 0.15) is 5.56 Å². The molecule has 2 heterocycles. The Hall–Kier alpha value is -2.87. The number of anilines is 1. The fourth-order valence-corrected chi connectivity index (χ4v) is 3.81. The minimum absolute atomic E-state index is 0.0832. The number of rotatable bonds is 4. The Morgan fingerprint density at radius 2 is 2.04 bits per heavy atom. The summed E-state index contributed by atoms with van der Waals surface area (Å²) in [7, 11) is -1.87. The van der Waals surface area contributed by atoms with Gasteiger partial charge in [-0.25, -0.2) is 13.4 Å². The molecule has 1 aromatic carbocycles. The van der Waals surface area contributed by atoms with E-state index >= 15 is 0 Å². The number of sulfone groups is 1. The summed E-state index contributed by atoms with van der Waals surface area (Å²) in [4.78, 5) is 16.9. The number of nitrogens with two attached hydrogens (primary N) is 1. The van der Waals surface area contributed by atoms with Crippen LogP contribution in [-0.4, -0.2) is 38.2 Å². The average molecular weight is 359 g/mol. The molecule has 25 heavy (non-hydrogen) atoms. The molecule has 0 fully saturated rings. The van der Waals surface area contributed by atoms with Gasteiger partial charge >= 0.3 is 0 Å². The maximum atomic E-state index is 12.5. The lowest BCUT2D eigenvalue weighted by atomic mass is 10.1. The van der Waals surface area contributed by atoms with Gasteiger partial charge in [-0.2, -0.15) is 0 Å². The Kier molecular flexibility index (Phi) is 4.45. The van der Waals surface area contributed by atoms with Gasteiger partial charge in [0.2, 0.25) is 5.88 Å². The van der Waals surface area contributed by atoms with Gasteiger partial charge < -0.3 is 15.8 Å². The molecule has 0 spiro atoms. The molecule has 2 aromatic rings. The monoisotopic (exact) mass is 359 g/mol. The third kappa shape index (κ3) is 3.63. The van der Waals surface area contributed by atoms with Crippen LogP contribution in [0.3, 0.4) is 0 Å². The molecule has 3 N–H and O–H groups in total. The van der Waals surface area contributed by atoms with Crippen molar-refractivity contribution in [2.75, 3.05) is 18.6 Å². The largest absolute Gasteiger partial charge is 0.480 e. The molecule has 0 bridgehead atoms. The molecule has 8 heteroatoms. The number of ether oxygens (including phenoxy) is 1. The summed E-state index contributed by atoms with van der Waals surface area (Å²) in [6.45, 7) is 0. The first-order valence-corrected chi connectivity index (χ1v) is 9.23. The summed E-state index contributed by atoms with van der Waals surface area (Å²) in [5, 5.41) is 3.71. The van der Waals surface area contributed by atoms with E-state index in [4.69, 9.17) is 10.5 Å². The molecule has 1 aromatic heterocycles. The standard InChI is InChI=1S/C17H17N3O4S/c1-24-17-15(16(21)19-12-7-8-25(22,23)10-12)13(18)9-14(20-17)11-5-3-2-4-6-11/h2-9,12H,10H2,1H3,(H2,18,20)(H,19,21)/t12-/m1/s1. The van der Waals surface area contributed by atoms with Crippen LogP contribution in [0.4, 0.5) is 5.69 Å². The molecular weight excluding hydrogens is 342 g/mol. The van der Waals surface area contributed by atoms with Crippen molar-refractivity contribution < 1.29 is 17.9 Å². The van der Waals surface area contributed by atoms with Crippen molar-refractivity contribution in [3.05, 3.63) is 53.4 Å². The van der Waals surface area contributed by atoms with Gasteiger partial charge in [-0.3, -0.25) is 4.79 Å². The van der Waals surface area contributed by atoms with Crippen LogP contribution in [0.2, 0.25) is 0 Å². The Morgan fingerprint density at radius 1 is 1.32 bits per heavy atom. The van der Waals surface area contributed by atoms with Crippen molar-refractivity contribution in [2.24, 2.45) is 0 Å². The topological polar surface area (TPSA) is 111 Å². The van der Waals surface area contributed by atoms with E-state index in [1.54, 1.807) is 6.07 Å². The number of benzene rings is 1. The smallest absolute Gasteiger partial charge is 0.259 e. The molecule has 1 amide bonds. The fourth-order valence-electron chi connectivity index (χ4n) is 2.58. The number of nitrogens with zero attached hydrogens (tertiary/aromatic N) is 1. The number of methoxy groups -OCH3 is 1. The van der Waals surface area contributed by atoms with E-state index in [0.29, 0.717) is 5.69 Å². The lowest BCUT2D eigenvalue weighted by Crippen LogP contribution is -2.36. The Bertz CT molecular complexity index is 940. The minimum atomic E-state index is -3.27. The van der Waals surface area contributed by atoms with Crippen molar-refractivity contribution in [3.8, 4) is 17.1 Å². The van der Waals surface area contributed by atoms with Crippen LogP contribution in [0.25, 0.3) is 11.3 Å². The molecule has 1 aliphatic rings. The second-order valence-electron chi connectivity index (χ2n) is 5.59. The summed E-state index contributed by atoms with van der Waals surface area (Å²) < 4.78 is 28.1. The zero-order valence-corrected chi connectivity index (χ0v) is 14.3. The molecule has 7 nitrogen and oxygen atoms in total. The predicted molar refractivity (Wildman–Crippen MR) is 94.8 cm³/mol. The SMILES string of the molecule is COc1nc(-c2ccccc2)cc(N)c1C(=O)N[C@@H]1C=CS(=O)(=O)C1. The molecule has 1 atom stereocenters. The molecule has 0 unspecified atom stereocenters. The van der Waals surface area contributed by atoms with Crippen molar-refractivity contribution in [3.63, 3.8) is 0 Å². The van der Waals surface area contributed by atoms with Crippen LogP contribution in [-0.2, 0) is 9.84 Å². The van der Waals surface area contributed by atoms with E-state index in [1.807, 2.05) is 30.3 Å². The lowest BCUT2D eigenvalue weighted by Gasteiger charge is -2.15. The molecule has 1 aliphatic heterocycles. The molecule has 0 radical (unpaired) electrons. The number of hydrogen-bond donors (Lipinski definition) is 2. The molecule has 0 saturated heterocycles. The minimum Gasteiger partial charge on any atom is -0.480 e. The van der Waals surface area contributed by atoms with Crippen molar-refractivity contribution in [1.29, 1.82) is 0 Å². The quantitative estimate of drug-likeness (QED) is 0.853. The van der Waals surface area contributed by atoms with Gasteiger partial charge in [-0.1, -0.05) is 30.3 Å². The number of nitrogens with one attached hydrogen (secondary N) is 1. The molecule has 130 valence electrons. The van der Waals surface area contributed by atoms with Gasteiger partial charge in [0.15, 0.2) is 9.84 Å². The summed E-state index contributed by atoms with van der Waals surface area (Å²) in [5.41, 5.74) is 7.75. The first kappa shape index (κ1) is 17.0. The predicted octanol–water partition coefficient (Wildman–Crippen LogP) is 1.38. The van der Waals surface area contributed by atoms with E-state index < -0.39 is 21.8 Å². The number of carbonyl (C=O) groups is 1. The van der Waals surface area contributed by atoms with Gasteiger partial charge in [-0.15, -0.1) is 0 Å². The van der Waals surface area contributed by atoms with Crippen molar-refractivity contribution >= 4 is 21.4 Å². The maximum absolute atomic E-state index is 12.5. The van der Waals surface area contributed by atoms with Gasteiger partial charge in [0.25, 0.3) is 5.91 Å². The highest BCUT2D eigenvalue weighted by Crippen LogP contribution is 2.28. The van der Waals surface area contributed by atoms with Crippen LogP contribution in [0.5, 0.6) is 5.88 Å². The van der Waals surface area contributed by atoms with Crippen LogP contribution < -0.4 is 15.8 Å². The summed E-state index contributed by atoms with van der Waals surface area (Å²) in [6.07, 6.45) is 1.43. The Morgan fingerprint density at radius 3 is 2.64 bits per heavy atom. The van der Waals surface area contributed by atoms with Crippen molar-refractivity contribution in [1.82, 2.24) is 10.3 Å². The van der Waals surface area contributed by atoms with Crippen LogP contribution in [0.15, 0.2) is 47.9 Å². The third-order valence-corrected chi connectivity index (χ3v) is 5.15. The van der Waals surface area contributed by atoms with E-state index in [0.717, 1.165) is 11.0 Å². The summed E-state index contributed by atoms with van der Waals surface area (Å²) in [6, 6.07) is 10.4. The van der Waals surface area contributed by atoms with Crippen LogP contribution >= 0.6 is 0 Å². The number of amides is 1. The van der Waals surface area contributed by atoms with E-state index in [-0.39, 0.29) is 22.9 Å². The summed E-state index contributed by atoms with van der Waals surface area (Å²) >= 11 is 0. The van der Waals surface area contributed by atoms with E-state index in [9.17, 15) is 13.2 Å². The average Bonchev–Trinajstić information content (AvgIpc) is 2.93. The highest BCUT2D eigenvalue weighted by Gasteiger charge is 2.26. The first-order valence-electron chi connectivity index (χ1n) is 7.51. The second kappa shape index (κ2) is 6.56. The fraction of sp³-hybridized carbons (Fsp3) is 0.176. The lowest BCUT2D eigenvalue weighted by molar-refractivity contribution is 0.0945.